The van der Waals surface area contributed by atoms with Crippen LogP contribution in [0.5, 0.6) is 0 Å². The Labute approximate surface area is 89.0 Å². The van der Waals surface area contributed by atoms with Gasteiger partial charge >= 0.3 is 12.1 Å². The molecule has 1 N–H and O–H groups in total. The predicted octanol–water partition coefficient (Wildman–Crippen LogP) is 1.92. The smallest absolute Gasteiger partial charge is 0.375 e. The second kappa shape index (κ2) is 6.01. The summed E-state index contributed by atoms with van der Waals surface area (Å²) in [7, 11) is 0. The summed E-state index contributed by atoms with van der Waals surface area (Å²) in [5, 5.41) is 2.44. The average Bonchev–Trinajstić information content (AvgIpc) is 2.51. The lowest BCUT2D eigenvalue weighted by Gasteiger charge is -2.00. The summed E-state index contributed by atoms with van der Waals surface area (Å²) in [5.74, 6) is -0.475. The molecule has 0 bridgehead atoms. The van der Waals surface area contributed by atoms with Crippen molar-refractivity contribution in [2.24, 2.45) is 0 Å². The molecule has 15 heavy (non-hydrogen) atoms. The van der Waals surface area contributed by atoms with Gasteiger partial charge in [-0.1, -0.05) is 31.2 Å². The van der Waals surface area contributed by atoms with Gasteiger partial charge < -0.3 is 10.1 Å². The molecule has 1 heterocycles. The van der Waals surface area contributed by atoms with Crippen LogP contribution in [0.4, 0.5) is 4.79 Å². The number of carbonyl (C=O) groups is 2. The van der Waals surface area contributed by atoms with E-state index in [0.717, 1.165) is 12.8 Å². The molecule has 0 aromatic rings. The SMILES string of the molecule is CC/C=C\C=C/CC[C@@H]1NC(=O)OC1=O. The molecule has 0 aromatic carbocycles. The highest BCUT2D eigenvalue weighted by Gasteiger charge is 2.31. The van der Waals surface area contributed by atoms with Crippen molar-refractivity contribution in [2.75, 3.05) is 0 Å². The number of amides is 1. The Balaban J connectivity index is 2.20. The number of carbonyl (C=O) groups excluding carboxylic acids is 2. The molecule has 0 unspecified atom stereocenters. The van der Waals surface area contributed by atoms with Crippen LogP contribution in [0, 0.1) is 0 Å². The van der Waals surface area contributed by atoms with Gasteiger partial charge in [0.2, 0.25) is 0 Å². The largest absolute Gasteiger partial charge is 0.415 e. The number of allylic oxidation sites excluding steroid dienone is 4. The number of hydrogen-bond acceptors (Lipinski definition) is 3. The Kier molecular flexibility index (Phi) is 4.60. The van der Waals surface area contributed by atoms with E-state index in [9.17, 15) is 9.59 Å². The van der Waals surface area contributed by atoms with E-state index >= 15 is 0 Å². The summed E-state index contributed by atoms with van der Waals surface area (Å²) in [6.45, 7) is 2.06. The van der Waals surface area contributed by atoms with Crippen molar-refractivity contribution in [1.82, 2.24) is 5.32 Å². The quantitative estimate of drug-likeness (QED) is 0.427. The van der Waals surface area contributed by atoms with Gasteiger partial charge in [0.25, 0.3) is 0 Å². The third-order valence-corrected chi connectivity index (χ3v) is 2.01. The zero-order valence-corrected chi connectivity index (χ0v) is 8.73. The maximum atomic E-state index is 11.0. The highest BCUT2D eigenvalue weighted by molar-refractivity contribution is 5.95. The zero-order chi connectivity index (χ0) is 11.1. The first-order valence-corrected chi connectivity index (χ1v) is 5.08. The van der Waals surface area contributed by atoms with Crippen molar-refractivity contribution >= 4 is 12.1 Å². The van der Waals surface area contributed by atoms with Crippen LogP contribution < -0.4 is 5.32 Å². The van der Waals surface area contributed by atoms with Crippen molar-refractivity contribution in [3.63, 3.8) is 0 Å². The molecular weight excluding hydrogens is 194 g/mol. The lowest BCUT2D eigenvalue weighted by atomic mass is 10.1. The maximum Gasteiger partial charge on any atom is 0.415 e. The fourth-order valence-electron chi connectivity index (χ4n) is 1.24. The Hall–Kier alpha value is -1.58. The van der Waals surface area contributed by atoms with Crippen molar-refractivity contribution in [3.8, 4) is 0 Å². The van der Waals surface area contributed by atoms with Crippen LogP contribution in [0.15, 0.2) is 24.3 Å². The van der Waals surface area contributed by atoms with Gasteiger partial charge in [-0.2, -0.15) is 0 Å². The molecule has 1 fully saturated rings. The molecule has 1 saturated heterocycles. The average molecular weight is 209 g/mol. The number of alkyl carbamates (subject to hydrolysis) is 1. The first-order valence-electron chi connectivity index (χ1n) is 5.08. The van der Waals surface area contributed by atoms with Gasteiger partial charge in [-0.3, -0.25) is 0 Å². The minimum atomic E-state index is -0.639. The summed E-state index contributed by atoms with van der Waals surface area (Å²) < 4.78 is 4.34. The fraction of sp³-hybridized carbons (Fsp3) is 0.455. The first kappa shape index (κ1) is 11.5. The van der Waals surface area contributed by atoms with E-state index < -0.39 is 18.1 Å². The van der Waals surface area contributed by atoms with Crippen LogP contribution in [0.1, 0.15) is 26.2 Å². The monoisotopic (exact) mass is 209 g/mol. The van der Waals surface area contributed by atoms with E-state index in [1.807, 2.05) is 24.3 Å². The minimum absolute atomic E-state index is 0.475. The number of rotatable bonds is 5. The second-order valence-electron chi connectivity index (χ2n) is 3.25. The summed E-state index contributed by atoms with van der Waals surface area (Å²) in [4.78, 5) is 21.7. The van der Waals surface area contributed by atoms with Crippen LogP contribution in [0.2, 0.25) is 0 Å². The highest BCUT2D eigenvalue weighted by Crippen LogP contribution is 2.07. The number of cyclic esters (lactones) is 2. The molecule has 0 saturated carbocycles. The molecular formula is C11H15NO3. The van der Waals surface area contributed by atoms with Gasteiger partial charge in [0.1, 0.15) is 6.04 Å². The summed E-state index contributed by atoms with van der Waals surface area (Å²) in [6.07, 6.45) is 9.60. The summed E-state index contributed by atoms with van der Waals surface area (Å²) >= 11 is 0. The number of ether oxygens (including phenoxy) is 1. The van der Waals surface area contributed by atoms with Gasteiger partial charge in [-0.15, -0.1) is 0 Å². The van der Waals surface area contributed by atoms with Crippen LogP contribution in [-0.2, 0) is 9.53 Å². The van der Waals surface area contributed by atoms with E-state index in [-0.39, 0.29) is 0 Å². The van der Waals surface area contributed by atoms with Crippen molar-refractivity contribution in [3.05, 3.63) is 24.3 Å². The third kappa shape index (κ3) is 3.97. The zero-order valence-electron chi connectivity index (χ0n) is 8.73. The fourth-order valence-corrected chi connectivity index (χ4v) is 1.24. The van der Waals surface area contributed by atoms with Crippen molar-refractivity contribution in [2.45, 2.75) is 32.2 Å². The second-order valence-corrected chi connectivity index (χ2v) is 3.25. The molecule has 0 aliphatic carbocycles. The number of nitrogens with one attached hydrogen (secondary N) is 1. The molecule has 0 spiro atoms. The lowest BCUT2D eigenvalue weighted by Crippen LogP contribution is -2.28. The molecule has 82 valence electrons. The van der Waals surface area contributed by atoms with Gasteiger partial charge in [0.15, 0.2) is 0 Å². The lowest BCUT2D eigenvalue weighted by molar-refractivity contribution is -0.135. The van der Waals surface area contributed by atoms with Gasteiger partial charge in [-0.05, 0) is 19.3 Å². The Morgan fingerprint density at radius 2 is 2.07 bits per heavy atom. The van der Waals surface area contributed by atoms with Crippen LogP contribution >= 0.6 is 0 Å². The molecule has 1 rings (SSSR count). The Morgan fingerprint density at radius 3 is 2.67 bits per heavy atom. The Morgan fingerprint density at radius 1 is 1.33 bits per heavy atom. The normalized spacial score (nSPS) is 21.3. The van der Waals surface area contributed by atoms with E-state index in [0.29, 0.717) is 6.42 Å². The first-order chi connectivity index (χ1) is 7.24. The van der Waals surface area contributed by atoms with Crippen LogP contribution in [0.3, 0.4) is 0 Å². The number of esters is 1. The van der Waals surface area contributed by atoms with Gasteiger partial charge in [0.05, 0.1) is 0 Å². The van der Waals surface area contributed by atoms with Crippen LogP contribution in [0.25, 0.3) is 0 Å². The molecule has 1 aliphatic rings. The minimum Gasteiger partial charge on any atom is -0.375 e. The molecule has 4 heteroatoms. The van der Waals surface area contributed by atoms with E-state index in [1.165, 1.54) is 0 Å². The van der Waals surface area contributed by atoms with Gasteiger partial charge in [0, 0.05) is 0 Å². The molecule has 1 aliphatic heterocycles. The van der Waals surface area contributed by atoms with Gasteiger partial charge in [-0.25, -0.2) is 9.59 Å². The number of hydrogen-bond donors (Lipinski definition) is 1. The molecule has 0 radical (unpaired) electrons. The predicted molar refractivity (Wildman–Crippen MR) is 56.2 cm³/mol. The summed E-state index contributed by atoms with van der Waals surface area (Å²) in [6, 6.07) is -0.475. The van der Waals surface area contributed by atoms with E-state index in [4.69, 9.17) is 0 Å². The topological polar surface area (TPSA) is 55.4 Å². The van der Waals surface area contributed by atoms with E-state index in [1.54, 1.807) is 0 Å². The van der Waals surface area contributed by atoms with E-state index in [2.05, 4.69) is 17.0 Å². The van der Waals surface area contributed by atoms with Crippen molar-refractivity contribution in [1.29, 1.82) is 0 Å². The molecule has 0 aromatic heterocycles. The Bertz CT molecular complexity index is 294. The van der Waals surface area contributed by atoms with Crippen LogP contribution in [-0.4, -0.2) is 18.1 Å². The third-order valence-electron chi connectivity index (χ3n) is 2.01. The highest BCUT2D eigenvalue weighted by atomic mass is 16.6. The van der Waals surface area contributed by atoms with Crippen molar-refractivity contribution < 1.29 is 14.3 Å². The summed E-state index contributed by atoms with van der Waals surface area (Å²) in [5.41, 5.74) is 0. The maximum absolute atomic E-state index is 11.0. The molecule has 1 atom stereocenters. The molecule has 4 nitrogen and oxygen atoms in total. The standard InChI is InChI=1S/C11H15NO3/c1-2-3-4-5-6-7-8-9-10(13)15-11(14)12-9/h3-6,9H,2,7-8H2,1H3,(H,12,14)/b4-3-,6-5-/t9-/m0/s1. The molecule has 1 amide bonds.